The van der Waals surface area contributed by atoms with Gasteiger partial charge in [0.2, 0.25) is 0 Å². The highest BCUT2D eigenvalue weighted by Crippen LogP contribution is 2.09. The number of hydrogen-bond donors (Lipinski definition) is 2. The number of aromatic hydroxyl groups is 1. The summed E-state index contributed by atoms with van der Waals surface area (Å²) in [5.41, 5.74) is 6.29. The SMILES string of the molecule is NCC#CCc1ccc(O)cc1. The zero-order chi connectivity index (χ0) is 8.81. The molecule has 0 heterocycles. The van der Waals surface area contributed by atoms with E-state index in [0.717, 1.165) is 5.56 Å². The van der Waals surface area contributed by atoms with Crippen molar-refractivity contribution >= 4 is 0 Å². The van der Waals surface area contributed by atoms with Gasteiger partial charge in [-0.2, -0.15) is 0 Å². The van der Waals surface area contributed by atoms with Gasteiger partial charge in [-0.3, -0.25) is 0 Å². The zero-order valence-corrected chi connectivity index (χ0v) is 6.75. The van der Waals surface area contributed by atoms with Crippen molar-refractivity contribution in [3.63, 3.8) is 0 Å². The average molecular weight is 161 g/mol. The van der Waals surface area contributed by atoms with Crippen molar-refractivity contribution in [3.8, 4) is 17.6 Å². The van der Waals surface area contributed by atoms with Crippen LogP contribution in [0.25, 0.3) is 0 Å². The van der Waals surface area contributed by atoms with E-state index in [0.29, 0.717) is 13.0 Å². The Morgan fingerprint density at radius 2 is 1.83 bits per heavy atom. The monoisotopic (exact) mass is 161 g/mol. The fourth-order valence-corrected chi connectivity index (χ4v) is 0.851. The molecule has 0 saturated heterocycles. The normalized spacial score (nSPS) is 8.75. The van der Waals surface area contributed by atoms with Crippen molar-refractivity contribution in [2.75, 3.05) is 6.54 Å². The van der Waals surface area contributed by atoms with E-state index in [9.17, 15) is 0 Å². The highest BCUT2D eigenvalue weighted by molar-refractivity contribution is 5.28. The van der Waals surface area contributed by atoms with Crippen molar-refractivity contribution in [2.24, 2.45) is 5.73 Å². The van der Waals surface area contributed by atoms with Gasteiger partial charge in [0.1, 0.15) is 5.75 Å². The molecular formula is C10H11NO. The molecule has 0 saturated carbocycles. The molecule has 0 radical (unpaired) electrons. The molecule has 0 unspecified atom stereocenters. The lowest BCUT2D eigenvalue weighted by Gasteiger charge is -1.94. The van der Waals surface area contributed by atoms with E-state index in [4.69, 9.17) is 10.8 Å². The van der Waals surface area contributed by atoms with Crippen LogP contribution in [0, 0.1) is 11.8 Å². The maximum atomic E-state index is 8.97. The molecule has 2 nitrogen and oxygen atoms in total. The minimum atomic E-state index is 0.283. The fraction of sp³-hybridized carbons (Fsp3) is 0.200. The van der Waals surface area contributed by atoms with Gasteiger partial charge in [0, 0.05) is 6.42 Å². The maximum absolute atomic E-state index is 8.97. The fourth-order valence-electron chi connectivity index (χ4n) is 0.851. The molecule has 1 rings (SSSR count). The summed E-state index contributed by atoms with van der Waals surface area (Å²) in [6.45, 7) is 0.401. The smallest absolute Gasteiger partial charge is 0.115 e. The first-order valence-corrected chi connectivity index (χ1v) is 3.76. The van der Waals surface area contributed by atoms with Crippen LogP contribution in [0.4, 0.5) is 0 Å². The second kappa shape index (κ2) is 4.42. The molecule has 0 atom stereocenters. The lowest BCUT2D eigenvalue weighted by atomic mass is 10.1. The summed E-state index contributed by atoms with van der Waals surface area (Å²) in [4.78, 5) is 0. The van der Waals surface area contributed by atoms with Crippen LogP contribution in [0.2, 0.25) is 0 Å². The molecule has 0 spiro atoms. The summed E-state index contributed by atoms with van der Waals surface area (Å²) in [5.74, 6) is 5.97. The largest absolute Gasteiger partial charge is 0.508 e. The van der Waals surface area contributed by atoms with E-state index in [1.165, 1.54) is 0 Å². The van der Waals surface area contributed by atoms with E-state index in [1.807, 2.05) is 12.1 Å². The van der Waals surface area contributed by atoms with Crippen LogP contribution in [0.1, 0.15) is 5.56 Å². The predicted molar refractivity (Wildman–Crippen MR) is 48.6 cm³/mol. The van der Waals surface area contributed by atoms with Gasteiger partial charge in [-0.05, 0) is 17.7 Å². The maximum Gasteiger partial charge on any atom is 0.115 e. The molecule has 1 aromatic carbocycles. The van der Waals surface area contributed by atoms with Crippen LogP contribution in [0.5, 0.6) is 5.75 Å². The molecule has 3 N–H and O–H groups in total. The third kappa shape index (κ3) is 2.65. The Bertz CT molecular complexity index is 292. The van der Waals surface area contributed by atoms with Crippen LogP contribution < -0.4 is 5.73 Å². The van der Waals surface area contributed by atoms with Gasteiger partial charge in [-0.15, -0.1) is 0 Å². The average Bonchev–Trinajstić information content (AvgIpc) is 2.09. The summed E-state index contributed by atoms with van der Waals surface area (Å²) in [6.07, 6.45) is 0.692. The van der Waals surface area contributed by atoms with Crippen molar-refractivity contribution in [1.29, 1.82) is 0 Å². The summed E-state index contributed by atoms with van der Waals surface area (Å²) in [7, 11) is 0. The first-order valence-electron chi connectivity index (χ1n) is 3.76. The van der Waals surface area contributed by atoms with Gasteiger partial charge < -0.3 is 10.8 Å². The van der Waals surface area contributed by atoms with Gasteiger partial charge in [-0.25, -0.2) is 0 Å². The second-order valence-electron chi connectivity index (χ2n) is 2.40. The van der Waals surface area contributed by atoms with Crippen LogP contribution in [0.15, 0.2) is 24.3 Å². The molecule has 62 valence electrons. The lowest BCUT2D eigenvalue weighted by Crippen LogP contribution is -1.93. The van der Waals surface area contributed by atoms with Crippen LogP contribution >= 0.6 is 0 Å². The second-order valence-corrected chi connectivity index (χ2v) is 2.40. The summed E-state index contributed by atoms with van der Waals surface area (Å²) >= 11 is 0. The topological polar surface area (TPSA) is 46.2 Å². The number of phenolic OH excluding ortho intramolecular Hbond substituents is 1. The minimum Gasteiger partial charge on any atom is -0.508 e. The Kier molecular flexibility index (Phi) is 3.18. The summed E-state index contributed by atoms with van der Waals surface area (Å²) in [6, 6.07) is 7.00. The third-order valence-corrected chi connectivity index (χ3v) is 1.46. The molecule has 0 amide bonds. The highest BCUT2D eigenvalue weighted by atomic mass is 16.3. The van der Waals surface area contributed by atoms with Crippen LogP contribution in [0.3, 0.4) is 0 Å². The molecule has 0 aliphatic rings. The summed E-state index contributed by atoms with van der Waals surface area (Å²) in [5, 5.41) is 8.97. The van der Waals surface area contributed by atoms with Crippen LogP contribution in [-0.4, -0.2) is 11.7 Å². The van der Waals surface area contributed by atoms with Gasteiger partial charge in [0.05, 0.1) is 6.54 Å². The van der Waals surface area contributed by atoms with Gasteiger partial charge in [0.25, 0.3) is 0 Å². The van der Waals surface area contributed by atoms with E-state index in [1.54, 1.807) is 12.1 Å². The van der Waals surface area contributed by atoms with Gasteiger partial charge in [-0.1, -0.05) is 24.0 Å². The molecule has 1 aromatic rings. The Labute approximate surface area is 72.0 Å². The van der Waals surface area contributed by atoms with E-state index in [2.05, 4.69) is 11.8 Å². The molecule has 0 aromatic heterocycles. The molecule has 0 bridgehead atoms. The Hall–Kier alpha value is -1.46. The molecule has 0 aliphatic heterocycles. The number of nitrogens with two attached hydrogens (primary N) is 1. The first-order chi connectivity index (χ1) is 5.83. The van der Waals surface area contributed by atoms with E-state index in [-0.39, 0.29) is 5.75 Å². The highest BCUT2D eigenvalue weighted by Gasteiger charge is 1.88. The molecule has 0 fully saturated rings. The Morgan fingerprint density at radius 3 is 2.42 bits per heavy atom. The van der Waals surface area contributed by atoms with Gasteiger partial charge >= 0.3 is 0 Å². The number of benzene rings is 1. The zero-order valence-electron chi connectivity index (χ0n) is 6.75. The minimum absolute atomic E-state index is 0.283. The number of rotatable bonds is 1. The molecule has 0 aliphatic carbocycles. The first kappa shape index (κ1) is 8.63. The molecular weight excluding hydrogens is 150 g/mol. The van der Waals surface area contributed by atoms with E-state index < -0.39 is 0 Å². The third-order valence-electron chi connectivity index (χ3n) is 1.46. The molecule has 2 heteroatoms. The van der Waals surface area contributed by atoms with E-state index >= 15 is 0 Å². The van der Waals surface area contributed by atoms with Crippen LogP contribution in [-0.2, 0) is 6.42 Å². The van der Waals surface area contributed by atoms with Crippen molar-refractivity contribution in [3.05, 3.63) is 29.8 Å². The van der Waals surface area contributed by atoms with Crippen molar-refractivity contribution < 1.29 is 5.11 Å². The Balaban J connectivity index is 2.59. The predicted octanol–water partition coefficient (Wildman–Crippen LogP) is 0.897. The van der Waals surface area contributed by atoms with Gasteiger partial charge in [0.15, 0.2) is 0 Å². The summed E-state index contributed by atoms with van der Waals surface area (Å²) < 4.78 is 0. The quantitative estimate of drug-likeness (QED) is 0.601. The van der Waals surface area contributed by atoms with Crippen molar-refractivity contribution in [2.45, 2.75) is 6.42 Å². The molecule has 12 heavy (non-hydrogen) atoms. The number of hydrogen-bond acceptors (Lipinski definition) is 2. The standard InChI is InChI=1S/C10H11NO/c11-8-2-1-3-9-4-6-10(12)7-5-9/h4-7,12H,3,8,11H2. The lowest BCUT2D eigenvalue weighted by molar-refractivity contribution is 0.475. The number of phenols is 1. The van der Waals surface area contributed by atoms with Crippen molar-refractivity contribution in [1.82, 2.24) is 0 Å². The Morgan fingerprint density at radius 1 is 1.17 bits per heavy atom.